The van der Waals surface area contributed by atoms with Crippen LogP contribution >= 0.6 is 0 Å². The fourth-order valence-corrected chi connectivity index (χ4v) is 1.50. The lowest BCUT2D eigenvalue weighted by Crippen LogP contribution is -2.08. The molecule has 1 aromatic heterocycles. The SMILES string of the molecule is CCCn1ncnc1COc1ccccc1F. The summed E-state index contributed by atoms with van der Waals surface area (Å²) in [5.41, 5.74) is 0. The summed E-state index contributed by atoms with van der Waals surface area (Å²) in [6.07, 6.45) is 2.45. The number of para-hydroxylation sites is 1. The van der Waals surface area contributed by atoms with Gasteiger partial charge in [0.05, 0.1) is 0 Å². The number of benzene rings is 1. The first-order chi connectivity index (χ1) is 8.31. The molecule has 1 aromatic carbocycles. The van der Waals surface area contributed by atoms with Gasteiger partial charge in [0.1, 0.15) is 12.9 Å². The van der Waals surface area contributed by atoms with Crippen molar-refractivity contribution in [1.29, 1.82) is 0 Å². The topological polar surface area (TPSA) is 39.9 Å². The van der Waals surface area contributed by atoms with Crippen molar-refractivity contribution in [3.05, 3.63) is 42.2 Å². The average molecular weight is 235 g/mol. The second-order valence-electron chi connectivity index (χ2n) is 3.62. The van der Waals surface area contributed by atoms with Crippen LogP contribution < -0.4 is 4.74 Å². The minimum Gasteiger partial charge on any atom is -0.483 e. The van der Waals surface area contributed by atoms with E-state index in [1.807, 2.05) is 0 Å². The van der Waals surface area contributed by atoms with Crippen molar-refractivity contribution in [1.82, 2.24) is 14.8 Å². The predicted octanol–water partition coefficient (Wildman–Crippen LogP) is 2.41. The molecule has 2 aromatic rings. The average Bonchev–Trinajstić information content (AvgIpc) is 2.76. The highest BCUT2D eigenvalue weighted by Crippen LogP contribution is 2.16. The summed E-state index contributed by atoms with van der Waals surface area (Å²) < 4.78 is 20.4. The maximum atomic E-state index is 13.3. The maximum Gasteiger partial charge on any atom is 0.165 e. The van der Waals surface area contributed by atoms with E-state index in [1.165, 1.54) is 12.4 Å². The van der Waals surface area contributed by atoms with Crippen LogP contribution in [0.2, 0.25) is 0 Å². The Balaban J connectivity index is 2.02. The summed E-state index contributed by atoms with van der Waals surface area (Å²) in [4.78, 5) is 4.08. The van der Waals surface area contributed by atoms with Gasteiger partial charge in [-0.2, -0.15) is 5.10 Å². The molecule has 0 saturated heterocycles. The van der Waals surface area contributed by atoms with E-state index >= 15 is 0 Å². The third kappa shape index (κ3) is 2.81. The van der Waals surface area contributed by atoms with Crippen LogP contribution in [0, 0.1) is 5.82 Å². The molecular weight excluding hydrogens is 221 g/mol. The number of rotatable bonds is 5. The van der Waals surface area contributed by atoms with Gasteiger partial charge in [-0.15, -0.1) is 0 Å². The van der Waals surface area contributed by atoms with Gasteiger partial charge < -0.3 is 4.74 Å². The molecule has 0 unspecified atom stereocenters. The first-order valence-electron chi connectivity index (χ1n) is 5.55. The Kier molecular flexibility index (Phi) is 3.69. The molecule has 0 aliphatic rings. The van der Waals surface area contributed by atoms with E-state index in [0.717, 1.165) is 13.0 Å². The minimum absolute atomic E-state index is 0.223. The molecule has 4 nitrogen and oxygen atoms in total. The van der Waals surface area contributed by atoms with E-state index in [2.05, 4.69) is 17.0 Å². The van der Waals surface area contributed by atoms with E-state index in [0.29, 0.717) is 5.82 Å². The highest BCUT2D eigenvalue weighted by molar-refractivity contribution is 5.23. The van der Waals surface area contributed by atoms with Gasteiger partial charge in [0, 0.05) is 6.54 Å². The van der Waals surface area contributed by atoms with Crippen LogP contribution in [0.5, 0.6) is 5.75 Å². The van der Waals surface area contributed by atoms with Gasteiger partial charge in [0.25, 0.3) is 0 Å². The molecule has 0 bridgehead atoms. The van der Waals surface area contributed by atoms with Gasteiger partial charge >= 0.3 is 0 Å². The predicted molar refractivity (Wildman–Crippen MR) is 61.0 cm³/mol. The fraction of sp³-hybridized carbons (Fsp3) is 0.333. The van der Waals surface area contributed by atoms with Crippen molar-refractivity contribution < 1.29 is 9.13 Å². The van der Waals surface area contributed by atoms with Crippen LogP contribution in [0.15, 0.2) is 30.6 Å². The van der Waals surface area contributed by atoms with Crippen molar-refractivity contribution in [2.24, 2.45) is 0 Å². The van der Waals surface area contributed by atoms with E-state index in [1.54, 1.807) is 22.9 Å². The summed E-state index contributed by atoms with van der Waals surface area (Å²) in [6.45, 7) is 3.07. The summed E-state index contributed by atoms with van der Waals surface area (Å²) in [7, 11) is 0. The van der Waals surface area contributed by atoms with Crippen LogP contribution in [0.4, 0.5) is 4.39 Å². The first kappa shape index (κ1) is 11.6. The quantitative estimate of drug-likeness (QED) is 0.799. The van der Waals surface area contributed by atoms with Crippen molar-refractivity contribution in [2.45, 2.75) is 26.5 Å². The van der Waals surface area contributed by atoms with Gasteiger partial charge in [-0.25, -0.2) is 14.1 Å². The number of ether oxygens (including phenoxy) is 1. The van der Waals surface area contributed by atoms with E-state index < -0.39 is 0 Å². The highest BCUT2D eigenvalue weighted by atomic mass is 19.1. The van der Waals surface area contributed by atoms with E-state index in [4.69, 9.17) is 4.74 Å². The van der Waals surface area contributed by atoms with Gasteiger partial charge in [-0.1, -0.05) is 19.1 Å². The number of halogens is 1. The minimum atomic E-state index is -0.367. The molecule has 2 rings (SSSR count). The molecule has 90 valence electrons. The Morgan fingerprint density at radius 2 is 2.18 bits per heavy atom. The van der Waals surface area contributed by atoms with Crippen LogP contribution in [0.25, 0.3) is 0 Å². The second-order valence-corrected chi connectivity index (χ2v) is 3.62. The Hall–Kier alpha value is -1.91. The fourth-order valence-electron chi connectivity index (χ4n) is 1.50. The Morgan fingerprint density at radius 1 is 1.35 bits per heavy atom. The monoisotopic (exact) mass is 235 g/mol. The molecule has 17 heavy (non-hydrogen) atoms. The van der Waals surface area contributed by atoms with Crippen molar-refractivity contribution in [3.63, 3.8) is 0 Å². The third-order valence-corrected chi connectivity index (χ3v) is 2.32. The summed E-state index contributed by atoms with van der Waals surface area (Å²) in [5, 5.41) is 4.07. The molecule has 0 aliphatic heterocycles. The van der Waals surface area contributed by atoms with Gasteiger partial charge in [0.15, 0.2) is 17.4 Å². The van der Waals surface area contributed by atoms with Crippen molar-refractivity contribution in [2.75, 3.05) is 0 Å². The lowest BCUT2D eigenvalue weighted by Gasteiger charge is -2.07. The number of hydrogen-bond donors (Lipinski definition) is 0. The maximum absolute atomic E-state index is 13.3. The van der Waals surface area contributed by atoms with Crippen molar-refractivity contribution >= 4 is 0 Å². The second kappa shape index (κ2) is 5.43. The molecular formula is C12H14FN3O. The molecule has 0 fully saturated rings. The molecule has 0 radical (unpaired) electrons. The molecule has 0 aliphatic carbocycles. The van der Waals surface area contributed by atoms with Crippen LogP contribution in [0.1, 0.15) is 19.2 Å². The lowest BCUT2D eigenvalue weighted by atomic mass is 10.3. The number of aryl methyl sites for hydroxylation is 1. The molecule has 0 saturated carbocycles. The van der Waals surface area contributed by atoms with Crippen LogP contribution in [0.3, 0.4) is 0 Å². The number of aromatic nitrogens is 3. The summed E-state index contributed by atoms with van der Waals surface area (Å²) >= 11 is 0. The molecule has 5 heteroatoms. The normalized spacial score (nSPS) is 10.5. The Labute approximate surface area is 99.1 Å². The van der Waals surface area contributed by atoms with Crippen LogP contribution in [-0.4, -0.2) is 14.8 Å². The number of nitrogens with zero attached hydrogens (tertiary/aromatic N) is 3. The summed E-state index contributed by atoms with van der Waals surface area (Å²) in [5.74, 6) is 0.572. The molecule has 0 spiro atoms. The zero-order valence-electron chi connectivity index (χ0n) is 9.64. The summed E-state index contributed by atoms with van der Waals surface area (Å²) in [6, 6.07) is 6.32. The van der Waals surface area contributed by atoms with E-state index in [9.17, 15) is 4.39 Å². The van der Waals surface area contributed by atoms with Crippen LogP contribution in [-0.2, 0) is 13.2 Å². The molecule has 0 N–H and O–H groups in total. The zero-order chi connectivity index (χ0) is 12.1. The van der Waals surface area contributed by atoms with Gasteiger partial charge in [-0.3, -0.25) is 0 Å². The highest BCUT2D eigenvalue weighted by Gasteiger charge is 2.06. The number of hydrogen-bond acceptors (Lipinski definition) is 3. The third-order valence-electron chi connectivity index (χ3n) is 2.32. The molecule has 1 heterocycles. The zero-order valence-corrected chi connectivity index (χ0v) is 9.64. The van der Waals surface area contributed by atoms with Gasteiger partial charge in [-0.05, 0) is 18.6 Å². The molecule has 0 atom stereocenters. The Morgan fingerprint density at radius 3 is 2.94 bits per heavy atom. The van der Waals surface area contributed by atoms with Crippen molar-refractivity contribution in [3.8, 4) is 5.75 Å². The standard InChI is InChI=1S/C12H14FN3O/c1-2-7-16-12(14-9-15-16)8-17-11-6-4-3-5-10(11)13/h3-6,9H,2,7-8H2,1H3. The lowest BCUT2D eigenvalue weighted by molar-refractivity contribution is 0.272. The van der Waals surface area contributed by atoms with E-state index in [-0.39, 0.29) is 18.2 Å². The largest absolute Gasteiger partial charge is 0.483 e. The molecule has 0 amide bonds. The Bertz CT molecular complexity index is 484. The smallest absolute Gasteiger partial charge is 0.165 e. The van der Waals surface area contributed by atoms with Gasteiger partial charge in [0.2, 0.25) is 0 Å². The first-order valence-corrected chi connectivity index (χ1v) is 5.55.